The standard InChI is InChI=1S/C7H14N2O3/c1-2-12-7(11)5(8)3-4-6(9)10/h5H,2-4,8H2,1H3,(H2,9,10)/t5-/m1/s1. The maximum absolute atomic E-state index is 10.9. The van der Waals surface area contributed by atoms with Crippen LogP contribution in [0.1, 0.15) is 19.8 Å². The van der Waals surface area contributed by atoms with E-state index in [0.29, 0.717) is 6.61 Å². The van der Waals surface area contributed by atoms with Crippen LogP contribution >= 0.6 is 0 Å². The molecule has 0 aliphatic heterocycles. The summed E-state index contributed by atoms with van der Waals surface area (Å²) in [5.41, 5.74) is 10.2. The van der Waals surface area contributed by atoms with Gasteiger partial charge >= 0.3 is 5.97 Å². The highest BCUT2D eigenvalue weighted by atomic mass is 16.5. The van der Waals surface area contributed by atoms with Crippen LogP contribution in [0.25, 0.3) is 0 Å². The molecule has 0 aromatic heterocycles. The van der Waals surface area contributed by atoms with Crippen molar-refractivity contribution in [3.05, 3.63) is 0 Å². The average molecular weight is 174 g/mol. The Labute approximate surface area is 71.0 Å². The Kier molecular flexibility index (Phi) is 5.03. The number of hydrogen-bond acceptors (Lipinski definition) is 4. The summed E-state index contributed by atoms with van der Waals surface area (Å²) in [4.78, 5) is 21.2. The summed E-state index contributed by atoms with van der Waals surface area (Å²) < 4.78 is 4.62. The molecule has 1 atom stereocenters. The van der Waals surface area contributed by atoms with Crippen LogP contribution in [0.4, 0.5) is 0 Å². The van der Waals surface area contributed by atoms with E-state index in [4.69, 9.17) is 11.5 Å². The van der Waals surface area contributed by atoms with E-state index >= 15 is 0 Å². The van der Waals surface area contributed by atoms with Crippen LogP contribution in [-0.2, 0) is 14.3 Å². The van der Waals surface area contributed by atoms with Crippen molar-refractivity contribution in [1.29, 1.82) is 0 Å². The Hall–Kier alpha value is -1.10. The highest BCUT2D eigenvalue weighted by molar-refractivity contribution is 5.78. The van der Waals surface area contributed by atoms with Crippen LogP contribution in [0.3, 0.4) is 0 Å². The van der Waals surface area contributed by atoms with E-state index in [1.54, 1.807) is 6.92 Å². The molecule has 0 fully saturated rings. The van der Waals surface area contributed by atoms with Gasteiger partial charge in [0.05, 0.1) is 6.61 Å². The number of ether oxygens (including phenoxy) is 1. The first-order valence-electron chi connectivity index (χ1n) is 3.78. The lowest BCUT2D eigenvalue weighted by Gasteiger charge is -2.08. The summed E-state index contributed by atoms with van der Waals surface area (Å²) in [6.45, 7) is 1.99. The second kappa shape index (κ2) is 5.54. The van der Waals surface area contributed by atoms with Crippen molar-refractivity contribution >= 4 is 11.9 Å². The third-order valence-electron chi connectivity index (χ3n) is 1.29. The molecule has 0 aromatic carbocycles. The van der Waals surface area contributed by atoms with Gasteiger partial charge in [-0.1, -0.05) is 0 Å². The van der Waals surface area contributed by atoms with Gasteiger partial charge in [-0.05, 0) is 13.3 Å². The van der Waals surface area contributed by atoms with Crippen LogP contribution in [0, 0.1) is 0 Å². The highest BCUT2D eigenvalue weighted by Gasteiger charge is 2.14. The van der Waals surface area contributed by atoms with Crippen molar-refractivity contribution < 1.29 is 14.3 Å². The van der Waals surface area contributed by atoms with Crippen LogP contribution < -0.4 is 11.5 Å². The Morgan fingerprint density at radius 3 is 2.50 bits per heavy atom. The van der Waals surface area contributed by atoms with Crippen LogP contribution in [0.5, 0.6) is 0 Å². The molecule has 1 amide bonds. The Morgan fingerprint density at radius 1 is 1.50 bits per heavy atom. The smallest absolute Gasteiger partial charge is 0.322 e. The first kappa shape index (κ1) is 10.9. The van der Waals surface area contributed by atoms with Crippen LogP contribution in [0.15, 0.2) is 0 Å². The summed E-state index contributed by atoms with van der Waals surface area (Å²) >= 11 is 0. The molecule has 0 saturated carbocycles. The van der Waals surface area contributed by atoms with Crippen molar-refractivity contribution in [2.45, 2.75) is 25.8 Å². The Balaban J connectivity index is 3.63. The topological polar surface area (TPSA) is 95.4 Å². The van der Waals surface area contributed by atoms with Crippen molar-refractivity contribution in [1.82, 2.24) is 0 Å². The predicted octanol–water partition coefficient (Wildman–Crippen LogP) is -0.858. The third kappa shape index (κ3) is 4.68. The van der Waals surface area contributed by atoms with Gasteiger partial charge < -0.3 is 16.2 Å². The van der Waals surface area contributed by atoms with Gasteiger partial charge in [0.2, 0.25) is 5.91 Å². The first-order chi connectivity index (χ1) is 5.57. The van der Waals surface area contributed by atoms with Gasteiger partial charge in [0.15, 0.2) is 0 Å². The number of amides is 1. The normalized spacial score (nSPS) is 12.2. The van der Waals surface area contributed by atoms with Gasteiger partial charge in [-0.15, -0.1) is 0 Å². The summed E-state index contributed by atoms with van der Waals surface area (Å²) in [7, 11) is 0. The predicted molar refractivity (Wildman–Crippen MR) is 43.0 cm³/mol. The molecule has 4 N–H and O–H groups in total. The first-order valence-corrected chi connectivity index (χ1v) is 3.78. The van der Waals surface area contributed by atoms with Gasteiger partial charge in [-0.2, -0.15) is 0 Å². The largest absolute Gasteiger partial charge is 0.465 e. The number of nitrogens with two attached hydrogens (primary N) is 2. The minimum absolute atomic E-state index is 0.111. The number of carbonyl (C=O) groups excluding carboxylic acids is 2. The Morgan fingerprint density at radius 2 is 2.08 bits per heavy atom. The molecule has 70 valence electrons. The lowest BCUT2D eigenvalue weighted by atomic mass is 10.1. The van der Waals surface area contributed by atoms with E-state index in [9.17, 15) is 9.59 Å². The molecular formula is C7H14N2O3. The molecule has 0 heterocycles. The van der Waals surface area contributed by atoms with E-state index in [2.05, 4.69) is 4.74 Å². The van der Waals surface area contributed by atoms with Crippen molar-refractivity contribution in [2.75, 3.05) is 6.61 Å². The molecule has 0 aromatic rings. The SMILES string of the molecule is CCOC(=O)[C@H](N)CCC(N)=O. The van der Waals surface area contributed by atoms with Gasteiger partial charge in [0, 0.05) is 6.42 Å². The zero-order chi connectivity index (χ0) is 9.56. The van der Waals surface area contributed by atoms with E-state index in [1.165, 1.54) is 0 Å². The van der Waals surface area contributed by atoms with E-state index in [1.807, 2.05) is 0 Å². The summed E-state index contributed by atoms with van der Waals surface area (Å²) in [6, 6.07) is -0.738. The molecule has 0 rings (SSSR count). The van der Waals surface area contributed by atoms with Crippen LogP contribution in [-0.4, -0.2) is 24.5 Å². The van der Waals surface area contributed by atoms with Gasteiger partial charge in [-0.3, -0.25) is 9.59 Å². The monoisotopic (exact) mass is 174 g/mol. The fraction of sp³-hybridized carbons (Fsp3) is 0.714. The maximum atomic E-state index is 10.9. The number of hydrogen-bond donors (Lipinski definition) is 2. The molecule has 0 radical (unpaired) electrons. The molecule has 5 heteroatoms. The summed E-state index contributed by atoms with van der Waals surface area (Å²) in [6.07, 6.45) is 0.355. The van der Waals surface area contributed by atoms with E-state index in [0.717, 1.165) is 0 Å². The van der Waals surface area contributed by atoms with Crippen molar-refractivity contribution in [3.63, 3.8) is 0 Å². The zero-order valence-electron chi connectivity index (χ0n) is 7.08. The van der Waals surface area contributed by atoms with Gasteiger partial charge in [0.25, 0.3) is 0 Å². The average Bonchev–Trinajstić information content (AvgIpc) is 2.00. The highest BCUT2D eigenvalue weighted by Crippen LogP contribution is 1.95. The molecule has 0 aliphatic rings. The number of rotatable bonds is 5. The lowest BCUT2D eigenvalue weighted by Crippen LogP contribution is -2.33. The van der Waals surface area contributed by atoms with E-state index in [-0.39, 0.29) is 12.8 Å². The minimum Gasteiger partial charge on any atom is -0.465 e. The van der Waals surface area contributed by atoms with Crippen molar-refractivity contribution in [3.8, 4) is 0 Å². The van der Waals surface area contributed by atoms with E-state index < -0.39 is 17.9 Å². The molecular weight excluding hydrogens is 160 g/mol. The summed E-state index contributed by atoms with van der Waals surface area (Å²) in [5, 5.41) is 0. The Bertz CT molecular complexity index is 170. The molecule has 0 spiro atoms. The fourth-order valence-corrected chi connectivity index (χ4v) is 0.665. The number of primary amides is 1. The molecule has 12 heavy (non-hydrogen) atoms. The van der Waals surface area contributed by atoms with Gasteiger partial charge in [-0.25, -0.2) is 0 Å². The molecule has 0 aliphatic carbocycles. The second-order valence-electron chi connectivity index (χ2n) is 2.36. The van der Waals surface area contributed by atoms with Crippen molar-refractivity contribution in [2.24, 2.45) is 11.5 Å². The molecule has 5 nitrogen and oxygen atoms in total. The summed E-state index contributed by atoms with van der Waals surface area (Å²) in [5.74, 6) is -0.950. The number of esters is 1. The van der Waals surface area contributed by atoms with Crippen LogP contribution in [0.2, 0.25) is 0 Å². The van der Waals surface area contributed by atoms with Gasteiger partial charge in [0.1, 0.15) is 6.04 Å². The fourth-order valence-electron chi connectivity index (χ4n) is 0.665. The quantitative estimate of drug-likeness (QED) is 0.530. The lowest BCUT2D eigenvalue weighted by molar-refractivity contribution is -0.144. The minimum atomic E-state index is -0.738. The third-order valence-corrected chi connectivity index (χ3v) is 1.29. The molecule has 0 unspecified atom stereocenters. The molecule has 0 saturated heterocycles. The number of carbonyl (C=O) groups is 2. The maximum Gasteiger partial charge on any atom is 0.322 e. The second-order valence-corrected chi connectivity index (χ2v) is 2.36. The zero-order valence-corrected chi connectivity index (χ0v) is 7.08. The molecule has 0 bridgehead atoms.